The second-order valence-electron chi connectivity index (χ2n) is 18.8. The summed E-state index contributed by atoms with van der Waals surface area (Å²) in [6.07, 6.45) is -1.86. The Kier molecular flexibility index (Phi) is 20.0. The van der Waals surface area contributed by atoms with Gasteiger partial charge >= 0.3 is 29.7 Å². The summed E-state index contributed by atoms with van der Waals surface area (Å²) in [4.78, 5) is 77.0. The number of anilines is 1. The van der Waals surface area contributed by atoms with Crippen LogP contribution in [-0.2, 0) is 57.1 Å². The van der Waals surface area contributed by atoms with Crippen molar-refractivity contribution in [3.8, 4) is 23.0 Å². The second-order valence-corrected chi connectivity index (χ2v) is 20.3. The fourth-order valence-corrected chi connectivity index (χ4v) is 10.4. The van der Waals surface area contributed by atoms with Crippen molar-refractivity contribution in [1.82, 2.24) is 10.6 Å². The number of aliphatic hydroxyl groups excluding tert-OH is 2. The predicted molar refractivity (Wildman–Crippen MR) is 275 cm³/mol. The van der Waals surface area contributed by atoms with Crippen molar-refractivity contribution in [2.45, 2.75) is 136 Å². The van der Waals surface area contributed by atoms with Gasteiger partial charge in [0.25, 0.3) is 11.7 Å². The third-order valence-electron chi connectivity index (χ3n) is 13.2. The Morgan fingerprint density at radius 2 is 1.44 bits per heavy atom. The molecule has 1 amide bonds. The smallest absolute Gasteiger partial charge is 0.312 e. The molecule has 4 aliphatic rings. The van der Waals surface area contributed by atoms with Crippen molar-refractivity contribution >= 4 is 81.1 Å². The zero-order valence-corrected chi connectivity index (χ0v) is 45.3. The molecule has 4 aliphatic heterocycles. The maximum atomic E-state index is 14.6. The number of thiocarbonyl (C=S) groups is 1. The quantitative estimate of drug-likeness (QED) is 0.0310. The van der Waals surface area contributed by atoms with E-state index in [1.807, 2.05) is 0 Å². The van der Waals surface area contributed by atoms with Crippen LogP contribution in [-0.4, -0.2) is 147 Å². The largest absolute Gasteiger partial charge is 0.507 e. The molecule has 13 atom stereocenters. The number of Topliss-reactive ketones (excluding diaryl/α,β-unsaturated/α-hetero) is 1. The third kappa shape index (κ3) is 13.4. The maximum Gasteiger partial charge on any atom is 0.312 e. The van der Waals surface area contributed by atoms with Crippen molar-refractivity contribution in [3.63, 3.8) is 0 Å². The molecular formula is C51H67N3O19S2. The molecule has 2 aromatic carbocycles. The van der Waals surface area contributed by atoms with Crippen LogP contribution in [0.3, 0.4) is 0 Å². The van der Waals surface area contributed by atoms with Crippen LogP contribution < -0.4 is 20.7 Å². The number of hydrogen-bond acceptors (Lipinski definition) is 21. The highest BCUT2D eigenvalue weighted by Crippen LogP contribution is 2.57. The number of benzene rings is 2. The number of ketones is 1. The fraction of sp³-hybridized carbons (Fsp3) is 0.549. The zero-order valence-electron chi connectivity index (χ0n) is 43.7. The zero-order chi connectivity index (χ0) is 56.0. The summed E-state index contributed by atoms with van der Waals surface area (Å²) in [5.41, 5.74) is -0.526. The molecule has 22 nitrogen and oxygen atoms in total. The second kappa shape index (κ2) is 25.1. The van der Waals surface area contributed by atoms with Crippen molar-refractivity contribution in [1.29, 1.82) is 0 Å². The van der Waals surface area contributed by atoms with Crippen LogP contribution in [0.2, 0.25) is 0 Å². The van der Waals surface area contributed by atoms with E-state index in [1.54, 1.807) is 33.8 Å². The van der Waals surface area contributed by atoms with E-state index in [0.29, 0.717) is 0 Å². The number of aromatic hydroxyl groups is 3. The Balaban J connectivity index is 1.55. The van der Waals surface area contributed by atoms with Gasteiger partial charge in [-0.05, 0) is 32.1 Å². The van der Waals surface area contributed by atoms with Crippen LogP contribution >= 0.6 is 24.0 Å². The normalized spacial score (nSPS) is 30.9. The summed E-state index contributed by atoms with van der Waals surface area (Å²) >= 11 is 6.43. The van der Waals surface area contributed by atoms with E-state index in [9.17, 15) is 54.3 Å². The van der Waals surface area contributed by atoms with Gasteiger partial charge in [-0.1, -0.05) is 45.9 Å². The highest BCUT2D eigenvalue weighted by molar-refractivity contribution is 7.99. The lowest BCUT2D eigenvalue weighted by Gasteiger charge is -2.40. The maximum absolute atomic E-state index is 14.6. The van der Waals surface area contributed by atoms with Gasteiger partial charge in [0.15, 0.2) is 35.4 Å². The van der Waals surface area contributed by atoms with Gasteiger partial charge in [0.1, 0.15) is 29.0 Å². The highest BCUT2D eigenvalue weighted by atomic mass is 32.2. The van der Waals surface area contributed by atoms with E-state index in [4.69, 9.17) is 50.1 Å². The average Bonchev–Trinajstić information content (AvgIpc) is 3.60. The number of carbonyl (C=O) groups is 6. The van der Waals surface area contributed by atoms with E-state index in [1.165, 1.54) is 53.0 Å². The number of ether oxygens (including phenoxy) is 8. The third-order valence-corrected chi connectivity index (χ3v) is 14.6. The first-order chi connectivity index (χ1) is 35.1. The molecule has 0 unspecified atom stereocenters. The minimum Gasteiger partial charge on any atom is -0.507 e. The number of phenols is 3. The van der Waals surface area contributed by atoms with E-state index in [0.717, 1.165) is 38.8 Å². The molecular weight excluding hydrogens is 1020 g/mol. The monoisotopic (exact) mass is 1090 g/mol. The summed E-state index contributed by atoms with van der Waals surface area (Å²) < 4.78 is 45.6. The first-order valence-electron chi connectivity index (χ1n) is 24.0. The summed E-state index contributed by atoms with van der Waals surface area (Å²) in [7, 11) is 1.40. The van der Waals surface area contributed by atoms with E-state index in [-0.39, 0.29) is 62.4 Å². The van der Waals surface area contributed by atoms with Crippen molar-refractivity contribution in [2.24, 2.45) is 23.7 Å². The molecule has 1 fully saturated rings. The van der Waals surface area contributed by atoms with Crippen molar-refractivity contribution in [2.75, 3.05) is 31.3 Å². The number of phenolic OH excluding ortho intramolecular Hbond substituents is 3. The summed E-state index contributed by atoms with van der Waals surface area (Å²) in [6.45, 7) is 15.3. The molecule has 24 heteroatoms. The van der Waals surface area contributed by atoms with E-state index in [2.05, 4.69) is 16.0 Å². The molecule has 2 aromatic rings. The number of thioether (sulfide) groups is 1. The lowest BCUT2D eigenvalue weighted by Crippen LogP contribution is -2.63. The number of fused-ring (bicyclic) bond motifs is 14. The molecule has 75 heavy (non-hydrogen) atoms. The molecule has 0 aromatic heterocycles. The van der Waals surface area contributed by atoms with Crippen LogP contribution in [0.1, 0.15) is 85.2 Å². The van der Waals surface area contributed by atoms with Crippen molar-refractivity contribution < 1.29 is 92.2 Å². The number of allylic oxidation sites excluding steroid dienone is 2. The minimum absolute atomic E-state index is 0.000898. The SMILES string of the molecule is CO[C@H]1/C=C/O[C@@]2(C)Oc3c(C)c(O)c4c(O)c(c(SCCNC(=S)N[C@H]5OC[C@@H](OC(C)=O)[C@@H](OC(C)=O)[C@@H]5OC(C)=O)c(O)c4c3C2=O)NC(=O)/C(C)=C\C=C\[C@H](C)[C@H](O)[C@@H](C)[C@@H](O)[C@@H](C)[C@H](OC(C)=O)[C@@H]1C. The minimum atomic E-state index is -2.14. The van der Waals surface area contributed by atoms with Gasteiger partial charge in [-0.2, -0.15) is 0 Å². The molecule has 0 radical (unpaired) electrons. The van der Waals surface area contributed by atoms with Crippen LogP contribution in [0.5, 0.6) is 23.0 Å². The highest BCUT2D eigenvalue weighted by Gasteiger charge is 2.51. The van der Waals surface area contributed by atoms with Crippen LogP contribution in [0.4, 0.5) is 5.69 Å². The molecule has 4 heterocycles. The van der Waals surface area contributed by atoms with Gasteiger partial charge in [-0.25, -0.2) is 0 Å². The number of amides is 1. The molecule has 1 saturated heterocycles. The van der Waals surface area contributed by atoms with Gasteiger partial charge < -0.3 is 79.4 Å². The number of rotatable bonds is 10. The molecule has 0 spiro atoms. The molecule has 412 valence electrons. The number of aliphatic hydroxyl groups is 2. The Labute approximate surface area is 443 Å². The number of nitrogens with one attached hydrogen (secondary N) is 3. The van der Waals surface area contributed by atoms with Gasteiger partial charge in [0, 0.05) is 94.2 Å². The lowest BCUT2D eigenvalue weighted by molar-refractivity contribution is -0.227. The van der Waals surface area contributed by atoms with E-state index < -0.39 is 137 Å². The number of hydrogen-bond donors (Lipinski definition) is 8. The molecule has 0 saturated carbocycles. The number of methoxy groups -OCH3 is 1. The molecule has 5 bridgehead atoms. The van der Waals surface area contributed by atoms with Crippen LogP contribution in [0, 0.1) is 30.6 Å². The summed E-state index contributed by atoms with van der Waals surface area (Å²) in [5, 5.41) is 66.8. The fourth-order valence-electron chi connectivity index (χ4n) is 9.20. The standard InChI is InChI=1S/C51H67N3O19S2/c1-21-14-13-15-22(2)48(65)53-36-40(62)34-33(41(63)46(36)75-19-17-52-50(74)54-49-45(72-30(10)58)44(71-29(9)57)32(20-67-49)69-27(7)55)35-43(26(6)39(34)61)73-51(11,47(35)64)68-18-16-31(66-12)23(3)42(70-28(8)56)25(5)38(60)24(4)37(21)59/h13-16,18,21,23-25,31-32,37-38,42,44-45,49,59-63H,17,19-20H2,1-12H3,(H,53,65)(H2,52,54,74)/b14-13+,18-16+,22-15-/t21-,23+,24+,25+,31-,32+,37-,38+,42+,44+,45-,49-,51-/m0/s1. The Morgan fingerprint density at radius 1 is 0.827 bits per heavy atom. The molecule has 8 N–H and O–H groups in total. The summed E-state index contributed by atoms with van der Waals surface area (Å²) in [6, 6.07) is 0. The Morgan fingerprint density at radius 3 is 2.05 bits per heavy atom. The topological polar surface area (TPSA) is 314 Å². The molecule has 6 rings (SSSR count). The van der Waals surface area contributed by atoms with Gasteiger partial charge in [-0.15, -0.1) is 11.8 Å². The molecule has 0 aliphatic carbocycles. The number of carbonyl (C=O) groups excluding carboxylic acids is 6. The van der Waals surface area contributed by atoms with E-state index >= 15 is 0 Å². The summed E-state index contributed by atoms with van der Waals surface area (Å²) in [5.74, 6) is -11.4. The Hall–Kier alpha value is -6.18. The first kappa shape index (κ1) is 59.7. The predicted octanol–water partition coefficient (Wildman–Crippen LogP) is 4.46. The van der Waals surface area contributed by atoms with Crippen molar-refractivity contribution in [3.05, 3.63) is 47.3 Å². The van der Waals surface area contributed by atoms with Gasteiger partial charge in [-0.3, -0.25) is 28.8 Å². The number of esters is 4. The average molecular weight is 1090 g/mol. The first-order valence-corrected chi connectivity index (χ1v) is 25.4. The van der Waals surface area contributed by atoms with Gasteiger partial charge in [0.05, 0.1) is 47.0 Å². The van der Waals surface area contributed by atoms with Crippen LogP contribution in [0.15, 0.2) is 41.0 Å². The van der Waals surface area contributed by atoms with Gasteiger partial charge in [0.2, 0.25) is 0 Å². The Bertz CT molecular complexity index is 2640. The van der Waals surface area contributed by atoms with Crippen LogP contribution in [0.25, 0.3) is 10.8 Å². The lowest BCUT2D eigenvalue weighted by atomic mass is 9.78.